The number of aryl methyl sites for hydroxylation is 1. The summed E-state index contributed by atoms with van der Waals surface area (Å²) in [7, 11) is -1.94. The Balaban J connectivity index is 2.17. The second kappa shape index (κ2) is 9.31. The molecule has 0 radical (unpaired) electrons. The van der Waals surface area contributed by atoms with Crippen LogP contribution in [0.5, 0.6) is 0 Å². The first kappa shape index (κ1) is 19.9. The van der Waals surface area contributed by atoms with E-state index in [1.54, 1.807) is 23.5 Å². The highest BCUT2D eigenvalue weighted by Gasteiger charge is 2.26. The van der Waals surface area contributed by atoms with Crippen molar-refractivity contribution in [1.29, 1.82) is 0 Å². The lowest BCUT2D eigenvalue weighted by molar-refractivity contribution is 0.0948. The van der Waals surface area contributed by atoms with Gasteiger partial charge in [0, 0.05) is 38.9 Å². The van der Waals surface area contributed by atoms with E-state index < -0.39 is 10.0 Å². The summed E-state index contributed by atoms with van der Waals surface area (Å²) >= 11 is 0. The van der Waals surface area contributed by atoms with E-state index in [0.717, 1.165) is 31.2 Å². The standard InChI is InChI=1S/C18H28N2O4S/c1-15-8-9-16(14-17(15)18(21)19-10-7-13-24-2)25(22,23)20-11-5-3-4-6-12-20/h8-9,14H,3-7,10-13H2,1-2H3,(H,19,21). The number of amides is 1. The Morgan fingerprint density at radius 2 is 1.88 bits per heavy atom. The maximum Gasteiger partial charge on any atom is 0.251 e. The van der Waals surface area contributed by atoms with Crippen molar-refractivity contribution in [3.8, 4) is 0 Å². The summed E-state index contributed by atoms with van der Waals surface area (Å²) in [5.41, 5.74) is 1.17. The number of nitrogens with one attached hydrogen (secondary N) is 1. The van der Waals surface area contributed by atoms with Crippen LogP contribution in [0.4, 0.5) is 0 Å². The zero-order chi connectivity index (χ0) is 18.3. The van der Waals surface area contributed by atoms with Crippen molar-refractivity contribution in [2.75, 3.05) is 33.4 Å². The van der Waals surface area contributed by atoms with E-state index >= 15 is 0 Å². The van der Waals surface area contributed by atoms with E-state index in [-0.39, 0.29) is 10.8 Å². The number of rotatable bonds is 7. The Kier molecular flexibility index (Phi) is 7.40. The van der Waals surface area contributed by atoms with Crippen LogP contribution in [-0.2, 0) is 14.8 Å². The van der Waals surface area contributed by atoms with Crippen molar-refractivity contribution in [3.05, 3.63) is 29.3 Å². The topological polar surface area (TPSA) is 75.7 Å². The summed E-state index contributed by atoms with van der Waals surface area (Å²) in [4.78, 5) is 12.6. The molecule has 0 spiro atoms. The third-order valence-corrected chi connectivity index (χ3v) is 6.36. The number of methoxy groups -OCH3 is 1. The van der Waals surface area contributed by atoms with Gasteiger partial charge in [-0.15, -0.1) is 0 Å². The van der Waals surface area contributed by atoms with Gasteiger partial charge in [0.25, 0.3) is 5.91 Å². The van der Waals surface area contributed by atoms with Gasteiger partial charge in [-0.25, -0.2) is 8.42 Å². The van der Waals surface area contributed by atoms with Gasteiger partial charge in [0.05, 0.1) is 4.90 Å². The summed E-state index contributed by atoms with van der Waals surface area (Å²) in [5, 5.41) is 2.82. The fourth-order valence-corrected chi connectivity index (χ4v) is 4.49. The second-order valence-corrected chi connectivity index (χ2v) is 8.34. The van der Waals surface area contributed by atoms with Crippen LogP contribution in [0, 0.1) is 6.92 Å². The average molecular weight is 368 g/mol. The van der Waals surface area contributed by atoms with Gasteiger partial charge in [-0.05, 0) is 43.9 Å². The number of ether oxygens (including phenoxy) is 1. The molecule has 1 aliphatic heterocycles. The minimum absolute atomic E-state index is 0.196. The summed E-state index contributed by atoms with van der Waals surface area (Å²) in [6.07, 6.45) is 4.62. The van der Waals surface area contributed by atoms with Crippen LogP contribution in [-0.4, -0.2) is 52.0 Å². The van der Waals surface area contributed by atoms with Crippen LogP contribution >= 0.6 is 0 Å². The molecule has 0 saturated carbocycles. The fourth-order valence-electron chi connectivity index (χ4n) is 2.95. The predicted molar refractivity (Wildman–Crippen MR) is 97.2 cm³/mol. The van der Waals surface area contributed by atoms with Crippen LogP contribution < -0.4 is 5.32 Å². The van der Waals surface area contributed by atoms with Gasteiger partial charge in [0.15, 0.2) is 0 Å². The molecule has 1 aromatic rings. The zero-order valence-electron chi connectivity index (χ0n) is 15.1. The van der Waals surface area contributed by atoms with Crippen molar-refractivity contribution in [2.45, 2.75) is 43.9 Å². The van der Waals surface area contributed by atoms with Crippen molar-refractivity contribution in [2.24, 2.45) is 0 Å². The van der Waals surface area contributed by atoms with E-state index in [9.17, 15) is 13.2 Å². The average Bonchev–Trinajstić information content (AvgIpc) is 2.88. The fraction of sp³-hybridized carbons (Fsp3) is 0.611. The smallest absolute Gasteiger partial charge is 0.251 e. The zero-order valence-corrected chi connectivity index (χ0v) is 15.9. The molecule has 1 aromatic carbocycles. The molecular weight excluding hydrogens is 340 g/mol. The minimum atomic E-state index is -3.55. The third kappa shape index (κ3) is 5.26. The first-order valence-corrected chi connectivity index (χ1v) is 10.3. The number of carbonyl (C=O) groups is 1. The molecule has 140 valence electrons. The molecule has 0 bridgehead atoms. The number of carbonyl (C=O) groups excluding carboxylic acids is 1. The molecule has 1 fully saturated rings. The first-order chi connectivity index (χ1) is 12.0. The van der Waals surface area contributed by atoms with E-state index in [0.29, 0.717) is 38.2 Å². The summed E-state index contributed by atoms with van der Waals surface area (Å²) < 4.78 is 32.3. The molecule has 1 N–H and O–H groups in total. The van der Waals surface area contributed by atoms with Crippen LogP contribution in [0.2, 0.25) is 0 Å². The van der Waals surface area contributed by atoms with Gasteiger partial charge in [-0.3, -0.25) is 4.79 Å². The lowest BCUT2D eigenvalue weighted by Crippen LogP contribution is -2.32. The Morgan fingerprint density at radius 3 is 2.52 bits per heavy atom. The Labute approximate surface area is 150 Å². The van der Waals surface area contributed by atoms with E-state index in [2.05, 4.69) is 5.32 Å². The SMILES string of the molecule is COCCCNC(=O)c1cc(S(=O)(=O)N2CCCCCC2)ccc1C. The molecule has 0 aliphatic carbocycles. The molecule has 1 heterocycles. The highest BCUT2D eigenvalue weighted by Crippen LogP contribution is 2.22. The second-order valence-electron chi connectivity index (χ2n) is 6.40. The van der Waals surface area contributed by atoms with Gasteiger partial charge in [0.2, 0.25) is 10.0 Å². The summed E-state index contributed by atoms with van der Waals surface area (Å²) in [5.74, 6) is -0.249. The molecular formula is C18H28N2O4S. The Morgan fingerprint density at radius 1 is 1.20 bits per heavy atom. The number of nitrogens with zero attached hydrogens (tertiary/aromatic N) is 1. The maximum atomic E-state index is 12.9. The Hall–Kier alpha value is -1.44. The minimum Gasteiger partial charge on any atom is -0.385 e. The molecule has 6 nitrogen and oxygen atoms in total. The lowest BCUT2D eigenvalue weighted by Gasteiger charge is -2.20. The number of benzene rings is 1. The molecule has 1 amide bonds. The normalized spacial score (nSPS) is 16.4. The van der Waals surface area contributed by atoms with Gasteiger partial charge >= 0.3 is 0 Å². The monoisotopic (exact) mass is 368 g/mol. The van der Waals surface area contributed by atoms with Gasteiger partial charge < -0.3 is 10.1 Å². The molecule has 0 unspecified atom stereocenters. The largest absolute Gasteiger partial charge is 0.385 e. The van der Waals surface area contributed by atoms with Crippen molar-refractivity contribution < 1.29 is 17.9 Å². The van der Waals surface area contributed by atoms with E-state index in [4.69, 9.17) is 4.74 Å². The van der Waals surface area contributed by atoms with Crippen LogP contribution in [0.15, 0.2) is 23.1 Å². The molecule has 0 aromatic heterocycles. The van der Waals surface area contributed by atoms with Crippen molar-refractivity contribution >= 4 is 15.9 Å². The van der Waals surface area contributed by atoms with Gasteiger partial charge in [-0.1, -0.05) is 18.9 Å². The lowest BCUT2D eigenvalue weighted by atomic mass is 10.1. The molecule has 2 rings (SSSR count). The van der Waals surface area contributed by atoms with Crippen molar-refractivity contribution in [3.63, 3.8) is 0 Å². The van der Waals surface area contributed by atoms with Crippen LogP contribution in [0.3, 0.4) is 0 Å². The quantitative estimate of drug-likeness (QED) is 0.750. The Bertz CT molecular complexity index is 680. The van der Waals surface area contributed by atoms with Gasteiger partial charge in [0.1, 0.15) is 0 Å². The summed E-state index contributed by atoms with van der Waals surface area (Å²) in [6, 6.07) is 4.80. The molecule has 0 atom stereocenters. The predicted octanol–water partition coefficient (Wildman–Crippen LogP) is 2.33. The van der Waals surface area contributed by atoms with E-state index in [1.807, 2.05) is 6.92 Å². The number of hydrogen-bond donors (Lipinski definition) is 1. The number of hydrogen-bond acceptors (Lipinski definition) is 4. The molecule has 25 heavy (non-hydrogen) atoms. The molecule has 1 aliphatic rings. The summed E-state index contributed by atoms with van der Waals surface area (Å²) in [6.45, 7) is 3.98. The van der Waals surface area contributed by atoms with Crippen LogP contribution in [0.25, 0.3) is 0 Å². The van der Waals surface area contributed by atoms with Crippen LogP contribution in [0.1, 0.15) is 48.0 Å². The first-order valence-electron chi connectivity index (χ1n) is 8.85. The highest BCUT2D eigenvalue weighted by atomic mass is 32.2. The molecule has 1 saturated heterocycles. The third-order valence-electron chi connectivity index (χ3n) is 4.47. The molecule has 7 heteroatoms. The maximum absolute atomic E-state index is 12.9. The number of sulfonamides is 1. The highest BCUT2D eigenvalue weighted by molar-refractivity contribution is 7.89. The van der Waals surface area contributed by atoms with Crippen molar-refractivity contribution in [1.82, 2.24) is 9.62 Å². The van der Waals surface area contributed by atoms with Gasteiger partial charge in [-0.2, -0.15) is 4.31 Å². The van der Waals surface area contributed by atoms with E-state index in [1.165, 1.54) is 6.07 Å².